The van der Waals surface area contributed by atoms with E-state index in [0.717, 1.165) is 5.56 Å². The maximum atomic E-state index is 11.4. The van der Waals surface area contributed by atoms with Crippen molar-refractivity contribution < 1.29 is 24.5 Å². The van der Waals surface area contributed by atoms with Gasteiger partial charge in [0.2, 0.25) is 0 Å². The lowest BCUT2D eigenvalue weighted by Crippen LogP contribution is -2.37. The Kier molecular flexibility index (Phi) is 5.60. The van der Waals surface area contributed by atoms with Gasteiger partial charge in [-0.15, -0.1) is 0 Å². The van der Waals surface area contributed by atoms with E-state index in [2.05, 4.69) is 5.32 Å². The molecule has 0 bridgehead atoms. The van der Waals surface area contributed by atoms with Gasteiger partial charge in [-0.3, -0.25) is 4.79 Å². The van der Waals surface area contributed by atoms with Crippen LogP contribution >= 0.6 is 0 Å². The SMILES string of the molecule is O=C(O)CCc1ccc(OC[C@@H](O)CN2CCNC2=O)cc1. The van der Waals surface area contributed by atoms with Crippen molar-refractivity contribution in [2.45, 2.75) is 18.9 Å². The lowest BCUT2D eigenvalue weighted by Gasteiger charge is -2.19. The van der Waals surface area contributed by atoms with Crippen LogP contribution in [0.15, 0.2) is 24.3 Å². The number of amides is 2. The Morgan fingerprint density at radius 1 is 1.36 bits per heavy atom. The largest absolute Gasteiger partial charge is 0.491 e. The first kappa shape index (κ1) is 16.1. The maximum absolute atomic E-state index is 11.4. The van der Waals surface area contributed by atoms with Crippen LogP contribution in [0, 0.1) is 0 Å². The average Bonchev–Trinajstić information content (AvgIpc) is 2.89. The smallest absolute Gasteiger partial charge is 0.317 e. The van der Waals surface area contributed by atoms with Gasteiger partial charge in [0.1, 0.15) is 18.5 Å². The topological polar surface area (TPSA) is 99.1 Å². The van der Waals surface area contributed by atoms with E-state index in [0.29, 0.717) is 25.3 Å². The van der Waals surface area contributed by atoms with Gasteiger partial charge in [0, 0.05) is 19.5 Å². The minimum atomic E-state index is -0.825. The highest BCUT2D eigenvalue weighted by molar-refractivity contribution is 5.76. The number of carboxylic acid groups (broad SMARTS) is 1. The van der Waals surface area contributed by atoms with Crippen molar-refractivity contribution in [2.75, 3.05) is 26.2 Å². The minimum absolute atomic E-state index is 0.0941. The minimum Gasteiger partial charge on any atom is -0.491 e. The van der Waals surface area contributed by atoms with Crippen molar-refractivity contribution in [3.63, 3.8) is 0 Å². The normalized spacial score (nSPS) is 15.5. The second kappa shape index (κ2) is 7.65. The third-order valence-corrected chi connectivity index (χ3v) is 3.37. The molecule has 0 aliphatic carbocycles. The molecule has 1 aliphatic rings. The van der Waals surface area contributed by atoms with Crippen LogP contribution in [0.1, 0.15) is 12.0 Å². The number of ether oxygens (including phenoxy) is 1. The number of benzene rings is 1. The molecule has 7 nitrogen and oxygen atoms in total. The summed E-state index contributed by atoms with van der Waals surface area (Å²) in [4.78, 5) is 23.4. The van der Waals surface area contributed by atoms with Gasteiger partial charge < -0.3 is 25.2 Å². The number of aliphatic carboxylic acids is 1. The van der Waals surface area contributed by atoms with Gasteiger partial charge in [-0.05, 0) is 24.1 Å². The van der Waals surface area contributed by atoms with Crippen LogP contribution in [0.25, 0.3) is 0 Å². The average molecular weight is 308 g/mol. The van der Waals surface area contributed by atoms with Crippen molar-refractivity contribution in [2.24, 2.45) is 0 Å². The van der Waals surface area contributed by atoms with Crippen molar-refractivity contribution in [3.05, 3.63) is 29.8 Å². The molecular formula is C15H20N2O5. The monoisotopic (exact) mass is 308 g/mol. The van der Waals surface area contributed by atoms with Crippen LogP contribution in [0.5, 0.6) is 5.75 Å². The zero-order valence-corrected chi connectivity index (χ0v) is 12.2. The van der Waals surface area contributed by atoms with Crippen LogP contribution < -0.4 is 10.1 Å². The zero-order valence-electron chi connectivity index (χ0n) is 12.2. The van der Waals surface area contributed by atoms with E-state index in [9.17, 15) is 14.7 Å². The van der Waals surface area contributed by atoms with E-state index in [1.54, 1.807) is 29.2 Å². The van der Waals surface area contributed by atoms with Gasteiger partial charge in [-0.1, -0.05) is 12.1 Å². The van der Waals surface area contributed by atoms with Crippen molar-refractivity contribution in [1.29, 1.82) is 0 Å². The van der Waals surface area contributed by atoms with E-state index in [1.165, 1.54) is 0 Å². The van der Waals surface area contributed by atoms with Crippen molar-refractivity contribution in [1.82, 2.24) is 10.2 Å². The molecule has 3 N–H and O–H groups in total. The Hall–Kier alpha value is -2.28. The Labute approximate surface area is 128 Å². The number of aryl methyl sites for hydroxylation is 1. The highest BCUT2D eigenvalue weighted by atomic mass is 16.5. The van der Waals surface area contributed by atoms with Gasteiger partial charge in [0.05, 0.1) is 6.54 Å². The number of nitrogens with one attached hydrogen (secondary N) is 1. The van der Waals surface area contributed by atoms with E-state index in [1.807, 2.05) is 0 Å². The van der Waals surface area contributed by atoms with E-state index < -0.39 is 12.1 Å². The summed E-state index contributed by atoms with van der Waals surface area (Å²) in [5.74, 6) is -0.224. The third kappa shape index (κ3) is 4.92. The predicted octanol–water partition coefficient (Wildman–Crippen LogP) is 0.469. The molecule has 0 radical (unpaired) electrons. The molecular weight excluding hydrogens is 288 g/mol. The summed E-state index contributed by atoms with van der Waals surface area (Å²) in [6.45, 7) is 1.53. The first-order chi connectivity index (χ1) is 10.5. The number of carboxylic acids is 1. The van der Waals surface area contributed by atoms with Gasteiger partial charge in [0.15, 0.2) is 0 Å². The highest BCUT2D eigenvalue weighted by Crippen LogP contribution is 2.14. The Balaban J connectivity index is 1.74. The van der Waals surface area contributed by atoms with Gasteiger partial charge in [-0.25, -0.2) is 4.79 Å². The van der Waals surface area contributed by atoms with Crippen molar-refractivity contribution >= 4 is 12.0 Å². The van der Waals surface area contributed by atoms with Crippen LogP contribution in [-0.2, 0) is 11.2 Å². The van der Waals surface area contributed by atoms with Crippen molar-refractivity contribution in [3.8, 4) is 5.75 Å². The second-order valence-electron chi connectivity index (χ2n) is 5.18. The first-order valence-corrected chi connectivity index (χ1v) is 7.19. The Morgan fingerprint density at radius 2 is 2.09 bits per heavy atom. The predicted molar refractivity (Wildman–Crippen MR) is 78.9 cm³/mol. The summed E-state index contributed by atoms with van der Waals surface area (Å²) in [5, 5.41) is 21.2. The molecule has 120 valence electrons. The molecule has 2 rings (SSSR count). The Morgan fingerprint density at radius 3 is 2.68 bits per heavy atom. The molecule has 1 heterocycles. The molecule has 1 atom stereocenters. The van der Waals surface area contributed by atoms with E-state index in [4.69, 9.17) is 9.84 Å². The zero-order chi connectivity index (χ0) is 15.9. The first-order valence-electron chi connectivity index (χ1n) is 7.19. The molecule has 7 heteroatoms. The lowest BCUT2D eigenvalue weighted by atomic mass is 10.1. The van der Waals surface area contributed by atoms with Crippen LogP contribution in [0.3, 0.4) is 0 Å². The number of rotatable bonds is 8. The van der Waals surface area contributed by atoms with E-state index >= 15 is 0 Å². The number of carbonyl (C=O) groups is 2. The fourth-order valence-electron chi connectivity index (χ4n) is 2.19. The molecule has 1 aromatic carbocycles. The molecule has 1 fully saturated rings. The molecule has 0 spiro atoms. The molecule has 0 unspecified atom stereocenters. The maximum Gasteiger partial charge on any atom is 0.317 e. The summed E-state index contributed by atoms with van der Waals surface area (Å²) in [7, 11) is 0. The molecule has 0 aromatic heterocycles. The van der Waals surface area contributed by atoms with Crippen LogP contribution in [0.2, 0.25) is 0 Å². The Bertz CT molecular complexity index is 517. The summed E-state index contributed by atoms with van der Waals surface area (Å²) in [5.41, 5.74) is 0.920. The van der Waals surface area contributed by atoms with Crippen LogP contribution in [0.4, 0.5) is 4.79 Å². The number of nitrogens with zero attached hydrogens (tertiary/aromatic N) is 1. The molecule has 1 saturated heterocycles. The second-order valence-corrected chi connectivity index (χ2v) is 5.18. The molecule has 22 heavy (non-hydrogen) atoms. The summed E-state index contributed by atoms with van der Waals surface area (Å²) >= 11 is 0. The van der Waals surface area contributed by atoms with Gasteiger partial charge >= 0.3 is 12.0 Å². The standard InChI is InChI=1S/C15H20N2O5/c18-12(9-17-8-7-16-15(17)21)10-22-13-4-1-11(2-5-13)3-6-14(19)20/h1-2,4-5,12,18H,3,6-10H2,(H,16,21)(H,19,20)/t12-/m0/s1. The third-order valence-electron chi connectivity index (χ3n) is 3.37. The summed E-state index contributed by atoms with van der Waals surface area (Å²) in [6.07, 6.45) is -0.186. The summed E-state index contributed by atoms with van der Waals surface area (Å²) < 4.78 is 5.47. The number of carbonyl (C=O) groups excluding carboxylic acids is 1. The number of aliphatic hydroxyl groups is 1. The lowest BCUT2D eigenvalue weighted by molar-refractivity contribution is -0.136. The molecule has 0 saturated carbocycles. The number of aliphatic hydroxyl groups excluding tert-OH is 1. The molecule has 1 aliphatic heterocycles. The summed E-state index contributed by atoms with van der Waals surface area (Å²) in [6, 6.07) is 6.93. The van der Waals surface area contributed by atoms with Crippen LogP contribution in [-0.4, -0.2) is 59.5 Å². The quantitative estimate of drug-likeness (QED) is 0.648. The molecule has 2 amide bonds. The number of hydrogen-bond acceptors (Lipinski definition) is 4. The fraction of sp³-hybridized carbons (Fsp3) is 0.467. The van der Waals surface area contributed by atoms with E-state index in [-0.39, 0.29) is 25.6 Å². The number of β-amino-alcohol motifs (C(OH)–C–C–N with tert-alkyl or cyclic N) is 1. The van der Waals surface area contributed by atoms with Gasteiger partial charge in [-0.2, -0.15) is 0 Å². The molecule has 1 aromatic rings. The number of hydrogen-bond donors (Lipinski definition) is 3. The number of urea groups is 1. The highest BCUT2D eigenvalue weighted by Gasteiger charge is 2.22. The fourth-order valence-corrected chi connectivity index (χ4v) is 2.19. The van der Waals surface area contributed by atoms with Gasteiger partial charge in [0.25, 0.3) is 0 Å².